The third-order valence-corrected chi connectivity index (χ3v) is 8.50. The summed E-state index contributed by atoms with van der Waals surface area (Å²) in [7, 11) is -7.23. The van der Waals surface area contributed by atoms with Gasteiger partial charge in [-0.05, 0) is 73.7 Å². The topological polar surface area (TPSA) is 113 Å². The molecule has 0 radical (unpaired) electrons. The summed E-state index contributed by atoms with van der Waals surface area (Å²) in [6.07, 6.45) is 3.02. The molecule has 0 bridgehead atoms. The zero-order chi connectivity index (χ0) is 23.4. The van der Waals surface area contributed by atoms with Gasteiger partial charge in [0.05, 0.1) is 16.3 Å². The van der Waals surface area contributed by atoms with Gasteiger partial charge in [-0.15, -0.1) is 0 Å². The van der Waals surface area contributed by atoms with Crippen LogP contribution in [0.2, 0.25) is 0 Å². The number of anilines is 3. The quantitative estimate of drug-likeness (QED) is 0.569. The molecular weight excluding hydrogens is 450 g/mol. The largest absolute Gasteiger partial charge is 0.326 e. The van der Waals surface area contributed by atoms with Crippen LogP contribution < -0.4 is 14.3 Å². The Labute approximate surface area is 190 Å². The molecule has 1 aliphatic heterocycles. The van der Waals surface area contributed by atoms with Gasteiger partial charge in [-0.3, -0.25) is 13.8 Å². The number of benzene rings is 2. The molecular formula is C22H29N3O5S2. The van der Waals surface area contributed by atoms with Crippen LogP contribution in [-0.4, -0.2) is 35.0 Å². The van der Waals surface area contributed by atoms with Gasteiger partial charge in [0, 0.05) is 24.3 Å². The van der Waals surface area contributed by atoms with Crippen LogP contribution in [0.4, 0.5) is 17.1 Å². The van der Waals surface area contributed by atoms with Gasteiger partial charge < -0.3 is 5.32 Å². The van der Waals surface area contributed by atoms with E-state index >= 15 is 0 Å². The zero-order valence-corrected chi connectivity index (χ0v) is 19.9. The van der Waals surface area contributed by atoms with Crippen molar-refractivity contribution < 1.29 is 21.6 Å². The summed E-state index contributed by atoms with van der Waals surface area (Å²) >= 11 is 0. The highest BCUT2D eigenvalue weighted by Gasteiger charge is 2.27. The first-order valence-corrected chi connectivity index (χ1v) is 13.8. The van der Waals surface area contributed by atoms with E-state index in [1.807, 2.05) is 13.8 Å². The van der Waals surface area contributed by atoms with Crippen LogP contribution in [0.1, 0.15) is 45.1 Å². The number of rotatable bonds is 9. The van der Waals surface area contributed by atoms with Crippen molar-refractivity contribution in [2.45, 2.75) is 50.8 Å². The monoisotopic (exact) mass is 479 g/mol. The molecule has 0 fully saturated rings. The van der Waals surface area contributed by atoms with Crippen LogP contribution in [0.15, 0.2) is 47.4 Å². The lowest BCUT2D eigenvalue weighted by Crippen LogP contribution is -2.37. The fraction of sp³-hybridized carbons (Fsp3) is 0.409. The highest BCUT2D eigenvalue weighted by molar-refractivity contribution is 7.93. The number of carbonyl (C=O) groups excluding carboxylic acids is 1. The van der Waals surface area contributed by atoms with E-state index in [1.54, 1.807) is 30.3 Å². The van der Waals surface area contributed by atoms with Crippen LogP contribution in [0.25, 0.3) is 0 Å². The van der Waals surface area contributed by atoms with Gasteiger partial charge in [0.1, 0.15) is 0 Å². The maximum Gasteiger partial charge on any atom is 0.261 e. The van der Waals surface area contributed by atoms with Crippen molar-refractivity contribution in [2.75, 3.05) is 26.6 Å². The molecule has 174 valence electrons. The predicted octanol–water partition coefficient (Wildman–Crippen LogP) is 3.72. The van der Waals surface area contributed by atoms with E-state index in [9.17, 15) is 21.6 Å². The summed E-state index contributed by atoms with van der Waals surface area (Å²) in [4.78, 5) is 11.8. The lowest BCUT2D eigenvalue weighted by atomic mass is 10.0. The van der Waals surface area contributed by atoms with Gasteiger partial charge in [0.2, 0.25) is 15.9 Å². The summed E-state index contributed by atoms with van der Waals surface area (Å²) in [5, 5.41) is 2.72. The predicted molar refractivity (Wildman–Crippen MR) is 127 cm³/mol. The molecule has 3 rings (SSSR count). The van der Waals surface area contributed by atoms with E-state index in [4.69, 9.17) is 0 Å². The third-order valence-electron chi connectivity index (χ3n) is 5.13. The molecule has 1 aliphatic rings. The van der Waals surface area contributed by atoms with Gasteiger partial charge >= 0.3 is 0 Å². The second-order valence-corrected chi connectivity index (χ2v) is 11.5. The average molecular weight is 480 g/mol. The first kappa shape index (κ1) is 24.1. The smallest absolute Gasteiger partial charge is 0.261 e. The Morgan fingerprint density at radius 3 is 2.31 bits per heavy atom. The number of sulfonamides is 2. The molecule has 1 amide bonds. The number of aryl methyl sites for hydroxylation is 1. The van der Waals surface area contributed by atoms with Gasteiger partial charge in [0.15, 0.2) is 0 Å². The van der Waals surface area contributed by atoms with Crippen molar-refractivity contribution in [1.82, 2.24) is 0 Å². The second kappa shape index (κ2) is 9.91. The number of hydrogen-bond acceptors (Lipinski definition) is 5. The fourth-order valence-corrected chi connectivity index (χ4v) is 6.34. The Balaban J connectivity index is 1.78. The lowest BCUT2D eigenvalue weighted by molar-refractivity contribution is -0.116. The van der Waals surface area contributed by atoms with Crippen molar-refractivity contribution >= 4 is 43.0 Å². The van der Waals surface area contributed by atoms with Gasteiger partial charge in [0.25, 0.3) is 10.0 Å². The average Bonchev–Trinajstić information content (AvgIpc) is 2.73. The Hall–Kier alpha value is -2.59. The Morgan fingerprint density at radius 1 is 0.969 bits per heavy atom. The van der Waals surface area contributed by atoms with E-state index in [0.717, 1.165) is 12.0 Å². The molecule has 2 aromatic carbocycles. The molecule has 0 aliphatic carbocycles. The molecule has 0 saturated carbocycles. The van der Waals surface area contributed by atoms with E-state index in [-0.39, 0.29) is 16.6 Å². The maximum atomic E-state index is 12.8. The van der Waals surface area contributed by atoms with Gasteiger partial charge in [-0.1, -0.05) is 13.8 Å². The zero-order valence-electron chi connectivity index (χ0n) is 18.3. The number of nitrogens with zero attached hydrogens (tertiary/aromatic N) is 1. The Morgan fingerprint density at radius 2 is 1.66 bits per heavy atom. The molecule has 10 heteroatoms. The Bertz CT molecular complexity index is 1180. The van der Waals surface area contributed by atoms with Gasteiger partial charge in [-0.25, -0.2) is 16.8 Å². The molecule has 0 unspecified atom stereocenters. The molecule has 32 heavy (non-hydrogen) atoms. The molecule has 8 nitrogen and oxygen atoms in total. The van der Waals surface area contributed by atoms with Crippen LogP contribution >= 0.6 is 0 Å². The van der Waals surface area contributed by atoms with Crippen molar-refractivity contribution in [2.24, 2.45) is 0 Å². The summed E-state index contributed by atoms with van der Waals surface area (Å²) in [6, 6.07) is 10.9. The summed E-state index contributed by atoms with van der Waals surface area (Å²) in [5.41, 5.74) is 2.31. The van der Waals surface area contributed by atoms with Crippen LogP contribution in [0.3, 0.4) is 0 Å². The molecule has 0 aromatic heterocycles. The van der Waals surface area contributed by atoms with Crippen molar-refractivity contribution in [3.05, 3.63) is 48.0 Å². The molecule has 1 heterocycles. The van der Waals surface area contributed by atoms with E-state index < -0.39 is 20.0 Å². The minimum Gasteiger partial charge on any atom is -0.326 e. The minimum atomic E-state index is -3.84. The summed E-state index contributed by atoms with van der Waals surface area (Å²) < 4.78 is 54.7. The van der Waals surface area contributed by atoms with E-state index in [0.29, 0.717) is 49.3 Å². The van der Waals surface area contributed by atoms with Crippen LogP contribution in [-0.2, 0) is 31.3 Å². The van der Waals surface area contributed by atoms with Crippen molar-refractivity contribution in [1.29, 1.82) is 0 Å². The van der Waals surface area contributed by atoms with E-state index in [1.165, 1.54) is 16.4 Å². The summed E-state index contributed by atoms with van der Waals surface area (Å²) in [5.74, 6) is -0.0410. The highest BCUT2D eigenvalue weighted by Crippen LogP contribution is 2.32. The number of hydrogen-bond donors (Lipinski definition) is 2. The molecule has 0 saturated heterocycles. The second-order valence-electron chi connectivity index (χ2n) is 7.76. The van der Waals surface area contributed by atoms with Crippen LogP contribution in [0, 0.1) is 0 Å². The Kier molecular flexibility index (Phi) is 7.45. The van der Waals surface area contributed by atoms with E-state index in [2.05, 4.69) is 10.0 Å². The van der Waals surface area contributed by atoms with Crippen molar-refractivity contribution in [3.8, 4) is 0 Å². The van der Waals surface area contributed by atoms with Gasteiger partial charge in [-0.2, -0.15) is 0 Å². The summed E-state index contributed by atoms with van der Waals surface area (Å²) in [6.45, 7) is 4.16. The molecule has 2 aromatic rings. The SMILES string of the molecule is CCCC(=O)Nc1ccc(S(=O)(=O)Nc2ccc3c(c2)CCCN3S(=O)(=O)CCC)cc1. The maximum absolute atomic E-state index is 12.8. The molecule has 2 N–H and O–H groups in total. The minimum absolute atomic E-state index is 0.0656. The molecule has 0 spiro atoms. The molecule has 0 atom stereocenters. The standard InChI is InChI=1S/C22H29N3O5S2/c1-3-6-22(26)23-18-8-11-20(12-9-18)32(29,30)24-19-10-13-21-17(16-19)7-5-14-25(21)31(27,28)15-4-2/h8-13,16,24H,3-7,14-15H2,1-2H3,(H,23,26). The number of amides is 1. The number of fused-ring (bicyclic) bond motifs is 1. The first-order valence-electron chi connectivity index (χ1n) is 10.7. The van der Waals surface area contributed by atoms with Crippen LogP contribution in [0.5, 0.6) is 0 Å². The first-order chi connectivity index (χ1) is 15.2. The normalized spacial score (nSPS) is 14.0. The third kappa shape index (κ3) is 5.60. The highest BCUT2D eigenvalue weighted by atomic mass is 32.2. The number of carbonyl (C=O) groups is 1. The number of nitrogens with one attached hydrogen (secondary N) is 2. The fourth-order valence-electron chi connectivity index (χ4n) is 3.67. The lowest BCUT2D eigenvalue weighted by Gasteiger charge is -2.30. The van der Waals surface area contributed by atoms with Crippen molar-refractivity contribution in [3.63, 3.8) is 0 Å².